The number of nitrogen functional groups attached to an aromatic ring is 1. The number of benzene rings is 4. The van der Waals surface area contributed by atoms with Gasteiger partial charge in [-0.05, 0) is 45.7 Å². The van der Waals surface area contributed by atoms with Crippen molar-refractivity contribution in [3.8, 4) is 11.1 Å². The number of Topliss-reactive ketones (excluding diaryl/α,β-unsaturated/α-hetero) is 1. The quantitative estimate of drug-likeness (QED) is 0.393. The Kier molecular flexibility index (Phi) is 4.29. The second-order valence-corrected chi connectivity index (χ2v) is 7.27. The Morgan fingerprint density at radius 2 is 1.80 bits per heavy atom. The van der Waals surface area contributed by atoms with Crippen LogP contribution in [0.25, 0.3) is 32.8 Å². The highest BCUT2D eigenvalue weighted by molar-refractivity contribution is 6.10. The highest BCUT2D eigenvalue weighted by Crippen LogP contribution is 2.33. The van der Waals surface area contributed by atoms with Gasteiger partial charge in [-0.1, -0.05) is 60.7 Å². The lowest BCUT2D eigenvalue weighted by Gasteiger charge is -2.10. The van der Waals surface area contributed by atoms with Crippen molar-refractivity contribution in [3.63, 3.8) is 0 Å². The van der Waals surface area contributed by atoms with E-state index in [4.69, 9.17) is 5.73 Å². The molecule has 0 amide bonds. The van der Waals surface area contributed by atoms with Crippen LogP contribution in [0.2, 0.25) is 0 Å². The van der Waals surface area contributed by atoms with Gasteiger partial charge >= 0.3 is 0 Å². The first-order chi connectivity index (χ1) is 14.6. The maximum Gasteiger partial charge on any atom is 0.167 e. The van der Waals surface area contributed by atoms with Crippen LogP contribution < -0.4 is 5.73 Å². The fourth-order valence-electron chi connectivity index (χ4n) is 3.94. The summed E-state index contributed by atoms with van der Waals surface area (Å²) >= 11 is 0. The third kappa shape index (κ3) is 3.01. The standard InChI is InChI=1S/C25H18FN3O/c26-21-9-2-1-5-17(21)14-23(30)20-8-3-6-15-13-16(11-12-18(15)20)19-7-4-10-22-24(19)25(27)29-28-22/h1-13H,14H2,(H3,27,28,29). The maximum absolute atomic E-state index is 14.0. The normalized spacial score (nSPS) is 11.2. The van der Waals surface area contributed by atoms with E-state index < -0.39 is 0 Å². The number of aromatic amines is 1. The molecule has 0 saturated carbocycles. The summed E-state index contributed by atoms with van der Waals surface area (Å²) in [5.41, 5.74) is 9.88. The van der Waals surface area contributed by atoms with Gasteiger partial charge in [-0.2, -0.15) is 5.10 Å². The average molecular weight is 395 g/mol. The molecule has 30 heavy (non-hydrogen) atoms. The number of rotatable bonds is 4. The molecule has 0 aliphatic rings. The van der Waals surface area contributed by atoms with Crippen LogP contribution >= 0.6 is 0 Å². The van der Waals surface area contributed by atoms with Gasteiger partial charge in [0.05, 0.1) is 10.9 Å². The number of aromatic nitrogens is 2. The van der Waals surface area contributed by atoms with E-state index in [-0.39, 0.29) is 18.0 Å². The van der Waals surface area contributed by atoms with Crippen molar-refractivity contribution >= 4 is 33.3 Å². The molecule has 0 bridgehead atoms. The van der Waals surface area contributed by atoms with Crippen LogP contribution in [0.1, 0.15) is 15.9 Å². The van der Waals surface area contributed by atoms with Crippen molar-refractivity contribution in [2.45, 2.75) is 6.42 Å². The first kappa shape index (κ1) is 18.1. The molecule has 1 aromatic heterocycles. The summed E-state index contributed by atoms with van der Waals surface area (Å²) in [6, 6.07) is 23.8. The van der Waals surface area contributed by atoms with Crippen LogP contribution in [-0.2, 0) is 6.42 Å². The number of halogens is 1. The Hall–Kier alpha value is -3.99. The van der Waals surface area contributed by atoms with Crippen LogP contribution in [0.5, 0.6) is 0 Å². The molecule has 0 radical (unpaired) electrons. The van der Waals surface area contributed by atoms with Gasteiger partial charge in [0.15, 0.2) is 11.6 Å². The number of hydrogen-bond donors (Lipinski definition) is 2. The summed E-state index contributed by atoms with van der Waals surface area (Å²) in [7, 11) is 0. The lowest BCUT2D eigenvalue weighted by Crippen LogP contribution is -2.06. The van der Waals surface area contributed by atoms with Gasteiger partial charge in [-0.3, -0.25) is 9.89 Å². The average Bonchev–Trinajstić information content (AvgIpc) is 3.15. The zero-order valence-corrected chi connectivity index (χ0v) is 16.0. The van der Waals surface area contributed by atoms with Crippen molar-refractivity contribution in [1.29, 1.82) is 0 Å². The van der Waals surface area contributed by atoms with Crippen molar-refractivity contribution in [3.05, 3.63) is 95.8 Å². The number of fused-ring (bicyclic) bond motifs is 2. The van der Waals surface area contributed by atoms with Gasteiger partial charge in [0.1, 0.15) is 5.82 Å². The minimum Gasteiger partial charge on any atom is -0.382 e. The Morgan fingerprint density at radius 3 is 2.67 bits per heavy atom. The number of nitrogens with zero attached hydrogens (tertiary/aromatic N) is 1. The molecule has 0 atom stereocenters. The minimum absolute atomic E-state index is 0.0262. The summed E-state index contributed by atoms with van der Waals surface area (Å²) in [6.45, 7) is 0. The molecule has 5 heteroatoms. The predicted molar refractivity (Wildman–Crippen MR) is 118 cm³/mol. The van der Waals surface area contributed by atoms with E-state index in [1.165, 1.54) is 6.07 Å². The Bertz CT molecular complexity index is 1420. The SMILES string of the molecule is Nc1n[nH]c2cccc(-c3ccc4c(C(=O)Cc5ccccc5F)cccc4c3)c12. The molecule has 5 rings (SSSR count). The first-order valence-electron chi connectivity index (χ1n) is 9.64. The highest BCUT2D eigenvalue weighted by atomic mass is 19.1. The van der Waals surface area contributed by atoms with Gasteiger partial charge in [0, 0.05) is 12.0 Å². The van der Waals surface area contributed by atoms with Gasteiger partial charge < -0.3 is 5.73 Å². The number of carbonyl (C=O) groups is 1. The van der Waals surface area contributed by atoms with Crippen LogP contribution in [0.15, 0.2) is 78.9 Å². The van der Waals surface area contributed by atoms with E-state index in [9.17, 15) is 9.18 Å². The van der Waals surface area contributed by atoms with Crippen molar-refractivity contribution < 1.29 is 9.18 Å². The zero-order chi connectivity index (χ0) is 20.7. The number of carbonyl (C=O) groups excluding carboxylic acids is 1. The molecular weight excluding hydrogens is 377 g/mol. The summed E-state index contributed by atoms with van der Waals surface area (Å²) < 4.78 is 14.0. The van der Waals surface area contributed by atoms with Gasteiger partial charge in [-0.25, -0.2) is 4.39 Å². The monoisotopic (exact) mass is 395 g/mol. The topological polar surface area (TPSA) is 71.8 Å². The van der Waals surface area contributed by atoms with Gasteiger partial charge in [-0.15, -0.1) is 0 Å². The molecule has 0 aliphatic carbocycles. The van der Waals surface area contributed by atoms with Crippen LogP contribution in [0, 0.1) is 5.82 Å². The first-order valence-corrected chi connectivity index (χ1v) is 9.64. The van der Waals surface area contributed by atoms with Crippen molar-refractivity contribution in [1.82, 2.24) is 10.2 Å². The Balaban J connectivity index is 1.58. The summed E-state index contributed by atoms with van der Waals surface area (Å²) in [6.07, 6.45) is 0.0262. The maximum atomic E-state index is 14.0. The molecule has 5 aromatic rings. The number of nitrogens with one attached hydrogen (secondary N) is 1. The lowest BCUT2D eigenvalue weighted by molar-refractivity contribution is 0.0993. The zero-order valence-electron chi connectivity index (χ0n) is 16.0. The van der Waals surface area contributed by atoms with Gasteiger partial charge in [0.25, 0.3) is 0 Å². The largest absolute Gasteiger partial charge is 0.382 e. The smallest absolute Gasteiger partial charge is 0.167 e. The number of nitrogens with two attached hydrogens (primary N) is 1. The Labute approximate surface area is 172 Å². The lowest BCUT2D eigenvalue weighted by atomic mass is 9.94. The van der Waals surface area contributed by atoms with Crippen molar-refractivity contribution in [2.24, 2.45) is 0 Å². The third-order valence-electron chi connectivity index (χ3n) is 5.42. The molecular formula is C25H18FN3O. The van der Waals surface area contributed by atoms with E-state index in [0.717, 1.165) is 32.8 Å². The molecule has 0 aliphatic heterocycles. The second kappa shape index (κ2) is 7.12. The van der Waals surface area contributed by atoms with Crippen LogP contribution in [0.4, 0.5) is 10.2 Å². The molecule has 1 heterocycles. The number of ketones is 1. The van der Waals surface area contributed by atoms with Gasteiger partial charge in [0.2, 0.25) is 0 Å². The van der Waals surface area contributed by atoms with E-state index >= 15 is 0 Å². The fraction of sp³-hybridized carbons (Fsp3) is 0.0400. The van der Waals surface area contributed by atoms with E-state index in [1.54, 1.807) is 24.3 Å². The molecule has 0 fully saturated rings. The summed E-state index contributed by atoms with van der Waals surface area (Å²) in [5, 5.41) is 9.70. The summed E-state index contributed by atoms with van der Waals surface area (Å²) in [4.78, 5) is 12.9. The number of hydrogen-bond acceptors (Lipinski definition) is 3. The molecule has 4 nitrogen and oxygen atoms in total. The van der Waals surface area contributed by atoms with Crippen LogP contribution in [0.3, 0.4) is 0 Å². The molecule has 0 spiro atoms. The fourth-order valence-corrected chi connectivity index (χ4v) is 3.94. The predicted octanol–water partition coefficient (Wildman–Crippen LogP) is 5.53. The van der Waals surface area contributed by atoms with E-state index in [0.29, 0.717) is 16.9 Å². The van der Waals surface area contributed by atoms with E-state index in [1.807, 2.05) is 48.5 Å². The molecule has 0 unspecified atom stereocenters. The number of anilines is 1. The molecule has 146 valence electrons. The summed E-state index contributed by atoms with van der Waals surface area (Å²) in [5.74, 6) is -0.0201. The second-order valence-electron chi connectivity index (χ2n) is 7.27. The number of H-pyrrole nitrogens is 1. The van der Waals surface area contributed by atoms with Crippen LogP contribution in [-0.4, -0.2) is 16.0 Å². The van der Waals surface area contributed by atoms with E-state index in [2.05, 4.69) is 10.2 Å². The Morgan fingerprint density at radius 1 is 0.967 bits per heavy atom. The molecule has 4 aromatic carbocycles. The highest BCUT2D eigenvalue weighted by Gasteiger charge is 2.15. The van der Waals surface area contributed by atoms with Crippen molar-refractivity contribution in [2.75, 3.05) is 5.73 Å². The third-order valence-corrected chi connectivity index (χ3v) is 5.42. The molecule has 0 saturated heterocycles. The molecule has 3 N–H and O–H groups in total. The minimum atomic E-state index is -0.362.